The van der Waals surface area contributed by atoms with Gasteiger partial charge >= 0.3 is 11.5 Å². The number of piperidine rings is 1. The highest BCUT2D eigenvalue weighted by molar-refractivity contribution is 8.00. The Hall–Kier alpha value is -3.07. The van der Waals surface area contributed by atoms with Gasteiger partial charge in [0.25, 0.3) is 5.89 Å². The molecule has 2 aliphatic rings. The number of carbonyl (C=O) groups is 2. The number of hydrogen-bond donors (Lipinski definition) is 3. The number of halogens is 4. The smallest absolute Gasteiger partial charge is 0.378 e. The molecule has 2 saturated heterocycles. The van der Waals surface area contributed by atoms with Crippen LogP contribution in [0, 0.1) is 0 Å². The van der Waals surface area contributed by atoms with Crippen molar-refractivity contribution in [1.29, 1.82) is 0 Å². The zero-order valence-corrected chi connectivity index (χ0v) is 20.3. The van der Waals surface area contributed by atoms with E-state index in [1.165, 1.54) is 11.8 Å². The number of amides is 3. The van der Waals surface area contributed by atoms with Gasteiger partial charge in [-0.1, -0.05) is 17.3 Å². The van der Waals surface area contributed by atoms with E-state index in [0.717, 1.165) is 11.3 Å². The summed E-state index contributed by atoms with van der Waals surface area (Å²) in [6, 6.07) is 3.22. The highest BCUT2D eigenvalue weighted by atomic mass is 32.2. The van der Waals surface area contributed by atoms with E-state index in [0.29, 0.717) is 28.7 Å². The predicted molar refractivity (Wildman–Crippen MR) is 125 cm³/mol. The summed E-state index contributed by atoms with van der Waals surface area (Å²) in [4.78, 5) is 28.7. The number of aromatic nitrogens is 2. The van der Waals surface area contributed by atoms with Crippen LogP contribution in [0.2, 0.25) is 0 Å². The third-order valence-electron chi connectivity index (χ3n) is 5.93. The standard InChI is InChI=1S/C21H20F4N6O3S2/c1-9(32)31-6-5-12(11(22)8-31)27-13-4-2-3-10-15(13)35-17(16(10)36-21(23,24)25)18-29-19(34-30-18)14-7-26-20(33)28-14/h2-4,11-12,14,27H,5-8H2,1H3,(H2,26,28,33)/t11-,12+,14+/m0/s1. The minimum atomic E-state index is -4.58. The zero-order valence-electron chi connectivity index (χ0n) is 18.7. The Bertz CT molecular complexity index is 1310. The lowest BCUT2D eigenvalue weighted by atomic mass is 10.0. The number of carbonyl (C=O) groups excluding carboxylic acids is 2. The maximum Gasteiger partial charge on any atom is 0.446 e. The van der Waals surface area contributed by atoms with Gasteiger partial charge in [-0.15, -0.1) is 11.3 Å². The number of benzene rings is 1. The fourth-order valence-electron chi connectivity index (χ4n) is 4.20. The summed E-state index contributed by atoms with van der Waals surface area (Å²) in [5.74, 6) is -0.176. The average molecular weight is 545 g/mol. The fourth-order valence-corrected chi connectivity index (χ4v) is 6.31. The lowest BCUT2D eigenvalue weighted by Gasteiger charge is -2.35. The van der Waals surface area contributed by atoms with Crippen LogP contribution < -0.4 is 16.0 Å². The van der Waals surface area contributed by atoms with Crippen LogP contribution in [-0.2, 0) is 4.79 Å². The normalized spacial score (nSPS) is 22.5. The minimum Gasteiger partial charge on any atom is -0.378 e. The van der Waals surface area contributed by atoms with Gasteiger partial charge in [0.2, 0.25) is 11.7 Å². The monoisotopic (exact) mass is 544 g/mol. The number of nitrogens with zero attached hydrogens (tertiary/aromatic N) is 3. The molecule has 3 N–H and O–H groups in total. The number of fused-ring (bicyclic) bond motifs is 1. The molecule has 0 bridgehead atoms. The zero-order chi connectivity index (χ0) is 25.6. The van der Waals surface area contributed by atoms with Gasteiger partial charge in [0.05, 0.1) is 27.9 Å². The van der Waals surface area contributed by atoms with Gasteiger partial charge in [-0.2, -0.15) is 18.2 Å². The fraction of sp³-hybridized carbons (Fsp3) is 0.429. The van der Waals surface area contributed by atoms with Crippen LogP contribution in [0.3, 0.4) is 0 Å². The first-order valence-corrected chi connectivity index (χ1v) is 12.6. The summed E-state index contributed by atoms with van der Waals surface area (Å²) in [6.45, 7) is 1.92. The van der Waals surface area contributed by atoms with Gasteiger partial charge in [-0.3, -0.25) is 4.79 Å². The first-order chi connectivity index (χ1) is 17.1. The Morgan fingerprint density at radius 2 is 2.17 bits per heavy atom. The van der Waals surface area contributed by atoms with Gasteiger partial charge in [0, 0.05) is 30.3 Å². The molecule has 9 nitrogen and oxygen atoms in total. The van der Waals surface area contributed by atoms with Crippen LogP contribution in [0.25, 0.3) is 20.8 Å². The Kier molecular flexibility index (Phi) is 6.44. The van der Waals surface area contributed by atoms with Crippen molar-refractivity contribution in [1.82, 2.24) is 25.7 Å². The third-order valence-corrected chi connectivity index (χ3v) is 8.15. The van der Waals surface area contributed by atoms with Crippen LogP contribution in [0.4, 0.5) is 28.0 Å². The molecule has 2 aliphatic heterocycles. The summed E-state index contributed by atoms with van der Waals surface area (Å²) >= 11 is 0.757. The molecule has 1 aromatic carbocycles. The molecule has 3 aromatic rings. The van der Waals surface area contributed by atoms with Crippen LogP contribution >= 0.6 is 23.1 Å². The first kappa shape index (κ1) is 24.6. The summed E-state index contributed by atoms with van der Waals surface area (Å²) in [5, 5.41) is 12.5. The maximum atomic E-state index is 14.8. The van der Waals surface area contributed by atoms with E-state index < -0.39 is 29.8 Å². The Morgan fingerprint density at radius 3 is 2.83 bits per heavy atom. The second kappa shape index (κ2) is 9.42. The summed E-state index contributed by atoms with van der Waals surface area (Å²) in [7, 11) is 0. The molecule has 0 unspecified atom stereocenters. The van der Waals surface area contributed by atoms with E-state index in [1.807, 2.05) is 0 Å². The molecule has 0 spiro atoms. The Balaban J connectivity index is 1.50. The van der Waals surface area contributed by atoms with Crippen molar-refractivity contribution >= 4 is 50.8 Å². The second-order valence-electron chi connectivity index (χ2n) is 8.37. The molecule has 2 fully saturated rings. The summed E-state index contributed by atoms with van der Waals surface area (Å²) < 4.78 is 61.1. The predicted octanol–water partition coefficient (Wildman–Crippen LogP) is 4.29. The molecule has 15 heteroatoms. The molecular formula is C21H20F4N6O3S2. The van der Waals surface area contributed by atoms with E-state index in [9.17, 15) is 27.2 Å². The molecule has 36 heavy (non-hydrogen) atoms. The molecule has 4 heterocycles. The van der Waals surface area contributed by atoms with Gasteiger partial charge < -0.3 is 25.4 Å². The SMILES string of the molecule is CC(=O)N1CC[C@@H](Nc2cccc3c(SC(F)(F)F)c(-c4noc([C@H]5CNC(=O)N5)n4)sc23)[C@@H](F)C1. The molecule has 2 aromatic heterocycles. The van der Waals surface area contributed by atoms with Crippen molar-refractivity contribution in [3.63, 3.8) is 0 Å². The maximum absolute atomic E-state index is 14.8. The number of anilines is 1. The van der Waals surface area contributed by atoms with E-state index in [2.05, 4.69) is 26.1 Å². The van der Waals surface area contributed by atoms with Crippen LogP contribution in [0.15, 0.2) is 27.6 Å². The Labute approximate surface area is 210 Å². The lowest BCUT2D eigenvalue weighted by Crippen LogP contribution is -2.49. The number of hydrogen-bond acceptors (Lipinski definition) is 8. The van der Waals surface area contributed by atoms with E-state index in [4.69, 9.17) is 4.52 Å². The van der Waals surface area contributed by atoms with E-state index in [1.54, 1.807) is 18.2 Å². The number of likely N-dealkylation sites (tertiary alicyclic amines) is 1. The van der Waals surface area contributed by atoms with Gasteiger partial charge in [0.1, 0.15) is 12.2 Å². The van der Waals surface area contributed by atoms with Gasteiger partial charge in [-0.25, -0.2) is 9.18 Å². The molecule has 3 amide bonds. The van der Waals surface area contributed by atoms with E-state index in [-0.39, 0.29) is 52.2 Å². The molecule has 0 saturated carbocycles. The highest BCUT2D eigenvalue weighted by Crippen LogP contribution is 2.50. The van der Waals surface area contributed by atoms with Crippen molar-refractivity contribution in [2.45, 2.75) is 42.0 Å². The van der Waals surface area contributed by atoms with Crippen LogP contribution in [0.1, 0.15) is 25.3 Å². The first-order valence-electron chi connectivity index (χ1n) is 10.9. The highest BCUT2D eigenvalue weighted by Gasteiger charge is 2.36. The number of thioether (sulfide) groups is 1. The molecule has 5 rings (SSSR count). The summed E-state index contributed by atoms with van der Waals surface area (Å²) in [6.07, 6.45) is -0.981. The van der Waals surface area contributed by atoms with Crippen LogP contribution in [0.5, 0.6) is 0 Å². The van der Waals surface area contributed by atoms with Crippen molar-refractivity contribution < 1.29 is 31.7 Å². The molecule has 192 valence electrons. The lowest BCUT2D eigenvalue weighted by molar-refractivity contribution is -0.131. The number of alkyl halides is 4. The number of urea groups is 1. The number of thiophene rings is 1. The summed E-state index contributed by atoms with van der Waals surface area (Å²) in [5.41, 5.74) is -4.10. The van der Waals surface area contributed by atoms with Crippen molar-refractivity contribution in [2.24, 2.45) is 0 Å². The van der Waals surface area contributed by atoms with Gasteiger partial charge in [-0.05, 0) is 24.2 Å². The quantitative estimate of drug-likeness (QED) is 0.325. The van der Waals surface area contributed by atoms with Crippen molar-refractivity contribution in [2.75, 3.05) is 25.0 Å². The average Bonchev–Trinajstić information content (AvgIpc) is 3.53. The molecular weight excluding hydrogens is 524 g/mol. The number of nitrogens with one attached hydrogen (secondary N) is 3. The topological polar surface area (TPSA) is 112 Å². The largest absolute Gasteiger partial charge is 0.446 e. The van der Waals surface area contributed by atoms with Crippen molar-refractivity contribution in [3.8, 4) is 10.7 Å². The third kappa shape index (κ3) is 4.93. The van der Waals surface area contributed by atoms with Crippen molar-refractivity contribution in [3.05, 3.63) is 24.1 Å². The minimum absolute atomic E-state index is 0.0387. The molecule has 0 radical (unpaired) electrons. The van der Waals surface area contributed by atoms with Gasteiger partial charge in [0.15, 0.2) is 0 Å². The second-order valence-corrected chi connectivity index (χ2v) is 10.5. The molecule has 0 aliphatic carbocycles. The number of rotatable bonds is 5. The molecule has 3 atom stereocenters. The van der Waals surface area contributed by atoms with E-state index >= 15 is 0 Å². The van der Waals surface area contributed by atoms with Crippen LogP contribution in [-0.4, -0.2) is 64.3 Å². The Morgan fingerprint density at radius 1 is 1.36 bits per heavy atom.